The van der Waals surface area contributed by atoms with Crippen LogP contribution in [0.15, 0.2) is 48.9 Å². The van der Waals surface area contributed by atoms with Gasteiger partial charge >= 0.3 is 0 Å². The van der Waals surface area contributed by atoms with E-state index in [9.17, 15) is 5.26 Å². The molecule has 2 saturated heterocycles. The van der Waals surface area contributed by atoms with Crippen molar-refractivity contribution < 1.29 is 18.9 Å². The van der Waals surface area contributed by atoms with Crippen molar-refractivity contribution in [1.82, 2.24) is 19.5 Å². The van der Waals surface area contributed by atoms with Gasteiger partial charge in [-0.05, 0) is 42.4 Å². The van der Waals surface area contributed by atoms with Gasteiger partial charge in [-0.2, -0.15) is 5.26 Å². The van der Waals surface area contributed by atoms with Crippen molar-refractivity contribution in [2.45, 2.75) is 51.4 Å². The topological polar surface area (TPSA) is 108 Å². The molecule has 0 aliphatic carbocycles. The molecule has 0 bridgehead atoms. The maximum Gasteiger partial charge on any atom is 0.146 e. The first kappa shape index (κ1) is 30.2. The maximum atomic E-state index is 10.0. The summed E-state index contributed by atoms with van der Waals surface area (Å²) in [5.41, 5.74) is 4.77. The number of hydrogen-bond acceptors (Lipinski definition) is 9. The summed E-state index contributed by atoms with van der Waals surface area (Å²) in [6.07, 6.45) is 5.18. The number of anilines is 1. The summed E-state index contributed by atoms with van der Waals surface area (Å²) in [5, 5.41) is 10.9. The number of aromatic nitrogens is 4. The molecule has 3 aromatic heterocycles. The van der Waals surface area contributed by atoms with E-state index >= 15 is 0 Å². The molecule has 6 rings (SSSR count). The number of fused-ring (bicyclic) bond motifs is 1. The lowest BCUT2D eigenvalue weighted by molar-refractivity contribution is 0.0254. The van der Waals surface area contributed by atoms with Crippen LogP contribution in [0, 0.1) is 11.3 Å². The molecule has 0 amide bonds. The van der Waals surface area contributed by atoms with Gasteiger partial charge in [-0.3, -0.25) is 0 Å². The molecule has 4 aromatic rings. The molecule has 230 valence electrons. The fourth-order valence-electron chi connectivity index (χ4n) is 5.55. The van der Waals surface area contributed by atoms with E-state index in [1.807, 2.05) is 24.4 Å². The summed E-state index contributed by atoms with van der Waals surface area (Å²) in [7, 11) is -1.24. The Labute approximate surface area is 259 Å². The third-order valence-electron chi connectivity index (χ3n) is 8.12. The number of pyridine rings is 1. The number of benzene rings is 1. The van der Waals surface area contributed by atoms with E-state index in [1.165, 1.54) is 0 Å². The first-order valence-corrected chi connectivity index (χ1v) is 19.1. The molecule has 11 heteroatoms. The van der Waals surface area contributed by atoms with Gasteiger partial charge in [0, 0.05) is 63.3 Å². The zero-order valence-electron chi connectivity index (χ0n) is 25.8. The number of nitriles is 1. The molecule has 0 spiro atoms. The molecule has 10 nitrogen and oxygen atoms in total. The second kappa shape index (κ2) is 13.4. The minimum absolute atomic E-state index is 0.0493. The van der Waals surface area contributed by atoms with E-state index < -0.39 is 8.07 Å². The summed E-state index contributed by atoms with van der Waals surface area (Å²) in [5.74, 6) is 1.53. The van der Waals surface area contributed by atoms with Crippen LogP contribution < -0.4 is 9.64 Å². The minimum atomic E-state index is -1.24. The fourth-order valence-corrected chi connectivity index (χ4v) is 6.31. The molecule has 0 saturated carbocycles. The van der Waals surface area contributed by atoms with Gasteiger partial charge in [0.25, 0.3) is 0 Å². The van der Waals surface area contributed by atoms with Crippen molar-refractivity contribution in [3.63, 3.8) is 0 Å². The van der Waals surface area contributed by atoms with Crippen LogP contribution in [0.2, 0.25) is 25.7 Å². The zero-order chi connectivity index (χ0) is 30.5. The molecule has 1 aromatic carbocycles. The van der Waals surface area contributed by atoms with E-state index in [0.29, 0.717) is 51.1 Å². The molecular formula is C33H40N6O4Si. The van der Waals surface area contributed by atoms with Crippen molar-refractivity contribution in [3.8, 4) is 34.3 Å². The molecule has 0 atom stereocenters. The molecule has 2 aliphatic heterocycles. The van der Waals surface area contributed by atoms with E-state index in [2.05, 4.69) is 58.4 Å². The van der Waals surface area contributed by atoms with Crippen molar-refractivity contribution in [1.29, 1.82) is 5.26 Å². The van der Waals surface area contributed by atoms with Crippen molar-refractivity contribution in [2.24, 2.45) is 0 Å². The molecule has 0 unspecified atom stereocenters. The first-order valence-electron chi connectivity index (χ1n) is 15.4. The largest absolute Gasteiger partial charge is 0.489 e. The molecule has 2 fully saturated rings. The second-order valence-electron chi connectivity index (χ2n) is 12.5. The summed E-state index contributed by atoms with van der Waals surface area (Å²) in [6.45, 7) is 12.6. The SMILES string of the molecule is C[Si](C)(C)CCOCn1c(-c2ccc(N3CCOCC3)nc2)cc2c(-c3ccc(OC4CCOCC4)c(C#N)c3)ncnc21. The Morgan fingerprint density at radius 1 is 0.955 bits per heavy atom. The molecule has 5 heterocycles. The Balaban J connectivity index is 1.35. The predicted octanol–water partition coefficient (Wildman–Crippen LogP) is 5.74. The summed E-state index contributed by atoms with van der Waals surface area (Å²) in [6, 6.07) is 15.4. The van der Waals surface area contributed by atoms with Gasteiger partial charge in [0.1, 0.15) is 42.4 Å². The van der Waals surface area contributed by atoms with E-state index in [4.69, 9.17) is 28.9 Å². The van der Waals surface area contributed by atoms with Gasteiger partial charge in [0.15, 0.2) is 0 Å². The Kier molecular flexibility index (Phi) is 9.23. The quantitative estimate of drug-likeness (QED) is 0.164. The van der Waals surface area contributed by atoms with Crippen molar-refractivity contribution in [2.75, 3.05) is 51.0 Å². The Morgan fingerprint density at radius 3 is 2.45 bits per heavy atom. The van der Waals surface area contributed by atoms with Crippen LogP contribution in [0.5, 0.6) is 5.75 Å². The van der Waals surface area contributed by atoms with Crippen LogP contribution in [0.3, 0.4) is 0 Å². The van der Waals surface area contributed by atoms with E-state index in [0.717, 1.165) is 71.3 Å². The molecule has 0 N–H and O–H groups in total. The van der Waals surface area contributed by atoms with Gasteiger partial charge in [0.2, 0.25) is 0 Å². The van der Waals surface area contributed by atoms with Crippen LogP contribution in [0.25, 0.3) is 33.5 Å². The highest BCUT2D eigenvalue weighted by Crippen LogP contribution is 2.35. The minimum Gasteiger partial charge on any atom is -0.489 e. The number of ether oxygens (including phenoxy) is 4. The highest BCUT2D eigenvalue weighted by Gasteiger charge is 2.21. The van der Waals surface area contributed by atoms with Gasteiger partial charge in [-0.1, -0.05) is 19.6 Å². The van der Waals surface area contributed by atoms with E-state index in [-0.39, 0.29) is 6.10 Å². The normalized spacial score (nSPS) is 16.3. The molecule has 0 radical (unpaired) electrons. The highest BCUT2D eigenvalue weighted by molar-refractivity contribution is 6.76. The Bertz CT molecular complexity index is 1620. The standard InChI is InChI=1S/C33H40N6O4Si/c1-44(2,3)17-16-42-23-39-29(25-5-7-31(35-21-25)38-10-14-41-15-11-38)19-28-32(36-22-37-33(28)39)24-4-6-30(26(18-24)20-34)43-27-8-12-40-13-9-27/h4-7,18-19,21-22,27H,8-17,23H2,1-3H3. The lowest BCUT2D eigenvalue weighted by Gasteiger charge is -2.27. The highest BCUT2D eigenvalue weighted by atomic mass is 28.3. The summed E-state index contributed by atoms with van der Waals surface area (Å²) >= 11 is 0. The van der Waals surface area contributed by atoms with Crippen LogP contribution in [-0.4, -0.2) is 79.8 Å². The summed E-state index contributed by atoms with van der Waals surface area (Å²) < 4.78 is 25.5. The molecule has 44 heavy (non-hydrogen) atoms. The molecular weight excluding hydrogens is 572 g/mol. The van der Waals surface area contributed by atoms with Crippen molar-refractivity contribution in [3.05, 3.63) is 54.5 Å². The lowest BCUT2D eigenvalue weighted by atomic mass is 10.0. The zero-order valence-corrected chi connectivity index (χ0v) is 26.8. The van der Waals surface area contributed by atoms with Gasteiger partial charge < -0.3 is 28.4 Å². The monoisotopic (exact) mass is 612 g/mol. The van der Waals surface area contributed by atoms with Crippen LogP contribution in [-0.2, 0) is 20.9 Å². The Morgan fingerprint density at radius 2 is 1.73 bits per heavy atom. The average molecular weight is 613 g/mol. The number of morpholine rings is 1. The summed E-state index contributed by atoms with van der Waals surface area (Å²) in [4.78, 5) is 16.4. The van der Waals surface area contributed by atoms with Crippen LogP contribution >= 0.6 is 0 Å². The first-order chi connectivity index (χ1) is 21.4. The second-order valence-corrected chi connectivity index (χ2v) is 18.1. The van der Waals surface area contributed by atoms with Crippen LogP contribution in [0.1, 0.15) is 18.4 Å². The number of hydrogen-bond donors (Lipinski definition) is 0. The number of nitrogens with zero attached hydrogens (tertiary/aromatic N) is 6. The number of rotatable bonds is 10. The fraction of sp³-hybridized carbons (Fsp3) is 0.455. The predicted molar refractivity (Wildman–Crippen MR) is 173 cm³/mol. The smallest absolute Gasteiger partial charge is 0.146 e. The molecule has 2 aliphatic rings. The van der Waals surface area contributed by atoms with Crippen molar-refractivity contribution >= 4 is 24.9 Å². The lowest BCUT2D eigenvalue weighted by Crippen LogP contribution is -2.36. The average Bonchev–Trinajstić information content (AvgIpc) is 3.42. The van der Waals surface area contributed by atoms with Gasteiger partial charge in [0.05, 0.1) is 43.4 Å². The maximum absolute atomic E-state index is 10.0. The van der Waals surface area contributed by atoms with Crippen LogP contribution in [0.4, 0.5) is 5.82 Å². The third-order valence-corrected chi connectivity index (χ3v) is 9.83. The third kappa shape index (κ3) is 6.94. The van der Waals surface area contributed by atoms with Gasteiger partial charge in [-0.25, -0.2) is 15.0 Å². The Hall–Kier alpha value is -3.82. The van der Waals surface area contributed by atoms with Gasteiger partial charge in [-0.15, -0.1) is 0 Å². The van der Waals surface area contributed by atoms with E-state index in [1.54, 1.807) is 6.33 Å².